The van der Waals surface area contributed by atoms with Gasteiger partial charge >= 0.3 is 0 Å². The lowest BCUT2D eigenvalue weighted by Crippen LogP contribution is -2.00. The van der Waals surface area contributed by atoms with Crippen molar-refractivity contribution in [1.82, 2.24) is 0 Å². The van der Waals surface area contributed by atoms with Gasteiger partial charge in [-0.25, -0.2) is 0 Å². The third-order valence-corrected chi connectivity index (χ3v) is 6.42. The highest BCUT2D eigenvalue weighted by Crippen LogP contribution is 2.35. The zero-order chi connectivity index (χ0) is 21.3. The lowest BCUT2D eigenvalue weighted by molar-refractivity contribution is 0.103. The molecule has 0 bridgehead atoms. The van der Waals surface area contributed by atoms with Crippen LogP contribution in [-0.4, -0.2) is 11.6 Å². The van der Waals surface area contributed by atoms with Crippen molar-refractivity contribution in [3.05, 3.63) is 115 Å². The molecule has 30 heavy (non-hydrogen) atoms. The lowest BCUT2D eigenvalue weighted by Gasteiger charge is -2.04. The second kappa shape index (κ2) is 8.75. The van der Waals surface area contributed by atoms with E-state index in [1.54, 1.807) is 66.7 Å². The summed E-state index contributed by atoms with van der Waals surface area (Å²) in [5.41, 5.74) is 2.51. The molecule has 0 saturated heterocycles. The molecular formula is C24H13Cl3O2S. The first-order chi connectivity index (χ1) is 14.4. The molecule has 1 aromatic heterocycles. The molecule has 0 unspecified atom stereocenters. The van der Waals surface area contributed by atoms with Gasteiger partial charge in [0.1, 0.15) is 0 Å². The highest BCUT2D eigenvalue weighted by molar-refractivity contribution is 7.17. The summed E-state index contributed by atoms with van der Waals surface area (Å²) >= 11 is 19.1. The SMILES string of the molecule is O=C(c1ccc(Cl)cc1)c1cc(-c2ccc(Cl)cc2)c(C(=O)c2ccc(Cl)cc2)s1. The average Bonchev–Trinajstić information content (AvgIpc) is 3.20. The quantitative estimate of drug-likeness (QED) is 0.278. The van der Waals surface area contributed by atoms with Gasteiger partial charge < -0.3 is 0 Å². The topological polar surface area (TPSA) is 34.1 Å². The van der Waals surface area contributed by atoms with Crippen molar-refractivity contribution in [3.63, 3.8) is 0 Å². The monoisotopic (exact) mass is 470 g/mol. The molecule has 2 nitrogen and oxygen atoms in total. The number of thiophene rings is 1. The summed E-state index contributed by atoms with van der Waals surface area (Å²) in [6.07, 6.45) is 0. The van der Waals surface area contributed by atoms with Crippen LogP contribution in [0.25, 0.3) is 11.1 Å². The average molecular weight is 472 g/mol. The van der Waals surface area contributed by atoms with Crippen LogP contribution in [0.5, 0.6) is 0 Å². The van der Waals surface area contributed by atoms with Gasteiger partial charge in [0.05, 0.1) is 9.75 Å². The van der Waals surface area contributed by atoms with Crippen LogP contribution in [0.3, 0.4) is 0 Å². The Hall–Kier alpha value is -2.43. The summed E-state index contributed by atoms with van der Waals surface area (Å²) in [7, 11) is 0. The number of carbonyl (C=O) groups is 2. The Morgan fingerprint density at radius 3 is 1.53 bits per heavy atom. The molecule has 0 aliphatic rings. The fraction of sp³-hybridized carbons (Fsp3) is 0. The summed E-state index contributed by atoms with van der Waals surface area (Å²) in [6.45, 7) is 0. The molecule has 0 saturated carbocycles. The van der Waals surface area contributed by atoms with Crippen LogP contribution in [-0.2, 0) is 0 Å². The minimum Gasteiger partial charge on any atom is -0.288 e. The smallest absolute Gasteiger partial charge is 0.203 e. The van der Waals surface area contributed by atoms with Gasteiger partial charge in [-0.05, 0) is 72.3 Å². The number of hydrogen-bond donors (Lipinski definition) is 0. The van der Waals surface area contributed by atoms with Crippen molar-refractivity contribution in [2.75, 3.05) is 0 Å². The molecular weight excluding hydrogens is 459 g/mol. The van der Waals surface area contributed by atoms with Crippen LogP contribution in [0.1, 0.15) is 30.5 Å². The van der Waals surface area contributed by atoms with Crippen molar-refractivity contribution in [2.45, 2.75) is 0 Å². The molecule has 1 heterocycles. The molecule has 4 rings (SSSR count). The van der Waals surface area contributed by atoms with E-state index < -0.39 is 0 Å². The van der Waals surface area contributed by atoms with Crippen molar-refractivity contribution >= 4 is 57.7 Å². The number of carbonyl (C=O) groups excluding carboxylic acids is 2. The largest absolute Gasteiger partial charge is 0.288 e. The molecule has 0 aliphatic heterocycles. The number of rotatable bonds is 5. The van der Waals surface area contributed by atoms with Crippen LogP contribution in [0.15, 0.2) is 78.9 Å². The first-order valence-electron chi connectivity index (χ1n) is 8.92. The minimum absolute atomic E-state index is 0.165. The third-order valence-electron chi connectivity index (χ3n) is 4.53. The van der Waals surface area contributed by atoms with Crippen LogP contribution in [0.2, 0.25) is 15.1 Å². The molecule has 0 fully saturated rings. The van der Waals surface area contributed by atoms with Crippen molar-refractivity contribution in [2.24, 2.45) is 0 Å². The molecule has 4 aromatic rings. The molecule has 6 heteroatoms. The Balaban J connectivity index is 1.81. The van der Waals surface area contributed by atoms with E-state index in [9.17, 15) is 9.59 Å². The summed E-state index contributed by atoms with van der Waals surface area (Å²) < 4.78 is 0. The normalized spacial score (nSPS) is 10.8. The van der Waals surface area contributed by atoms with E-state index in [-0.39, 0.29) is 11.6 Å². The van der Waals surface area contributed by atoms with Crippen molar-refractivity contribution < 1.29 is 9.59 Å². The van der Waals surface area contributed by atoms with Crippen LogP contribution in [0.4, 0.5) is 0 Å². The van der Waals surface area contributed by atoms with E-state index in [1.165, 1.54) is 11.3 Å². The molecule has 0 N–H and O–H groups in total. The molecule has 0 atom stereocenters. The predicted molar refractivity (Wildman–Crippen MR) is 125 cm³/mol. The molecule has 148 valence electrons. The molecule has 0 radical (unpaired) electrons. The van der Waals surface area contributed by atoms with Gasteiger partial charge in [0.15, 0.2) is 0 Å². The highest BCUT2D eigenvalue weighted by atomic mass is 35.5. The number of hydrogen-bond acceptors (Lipinski definition) is 3. The standard InChI is InChI=1S/C24H13Cl3O2S/c25-17-7-1-14(2-8-17)20-13-21(22(28)15-3-9-18(26)10-4-15)30-24(20)23(29)16-5-11-19(27)12-6-16/h1-13H. The third kappa shape index (κ3) is 4.35. The number of benzene rings is 3. The summed E-state index contributed by atoms with van der Waals surface area (Å²) in [4.78, 5) is 27.2. The lowest BCUT2D eigenvalue weighted by atomic mass is 10.0. The zero-order valence-electron chi connectivity index (χ0n) is 15.4. The molecule has 3 aromatic carbocycles. The molecule has 0 amide bonds. The Bertz CT molecular complexity index is 1230. The minimum atomic E-state index is -0.170. The van der Waals surface area contributed by atoms with E-state index in [1.807, 2.05) is 12.1 Å². The van der Waals surface area contributed by atoms with Gasteiger partial charge in [0, 0.05) is 31.8 Å². The second-order valence-electron chi connectivity index (χ2n) is 6.53. The molecule has 0 aliphatic carbocycles. The van der Waals surface area contributed by atoms with Crippen LogP contribution >= 0.6 is 46.1 Å². The highest BCUT2D eigenvalue weighted by Gasteiger charge is 2.22. The second-order valence-corrected chi connectivity index (χ2v) is 8.89. The van der Waals surface area contributed by atoms with E-state index in [0.29, 0.717) is 41.5 Å². The van der Waals surface area contributed by atoms with Crippen molar-refractivity contribution in [3.8, 4) is 11.1 Å². The number of ketones is 2. The van der Waals surface area contributed by atoms with Gasteiger partial charge in [0.25, 0.3) is 0 Å². The first kappa shape index (κ1) is 20.8. The Morgan fingerprint density at radius 2 is 1.03 bits per heavy atom. The fourth-order valence-electron chi connectivity index (χ4n) is 2.99. The van der Waals surface area contributed by atoms with Gasteiger partial charge in [-0.15, -0.1) is 11.3 Å². The fourth-order valence-corrected chi connectivity index (χ4v) is 4.47. The van der Waals surface area contributed by atoms with Gasteiger partial charge in [-0.3, -0.25) is 9.59 Å². The zero-order valence-corrected chi connectivity index (χ0v) is 18.4. The van der Waals surface area contributed by atoms with Crippen LogP contribution in [0, 0.1) is 0 Å². The van der Waals surface area contributed by atoms with Gasteiger partial charge in [-0.1, -0.05) is 46.9 Å². The van der Waals surface area contributed by atoms with Gasteiger partial charge in [-0.2, -0.15) is 0 Å². The van der Waals surface area contributed by atoms with E-state index in [0.717, 1.165) is 5.56 Å². The van der Waals surface area contributed by atoms with E-state index >= 15 is 0 Å². The maximum Gasteiger partial charge on any atom is 0.203 e. The summed E-state index contributed by atoms with van der Waals surface area (Å²) in [5.74, 6) is -0.334. The van der Waals surface area contributed by atoms with Crippen LogP contribution < -0.4 is 0 Å². The maximum atomic E-state index is 13.2. The number of halogens is 3. The molecule has 0 spiro atoms. The maximum absolute atomic E-state index is 13.2. The Labute approximate surface area is 192 Å². The summed E-state index contributed by atoms with van der Waals surface area (Å²) in [6, 6.07) is 22.3. The summed E-state index contributed by atoms with van der Waals surface area (Å²) in [5, 5.41) is 1.70. The van der Waals surface area contributed by atoms with Crippen molar-refractivity contribution in [1.29, 1.82) is 0 Å². The van der Waals surface area contributed by atoms with E-state index in [2.05, 4.69) is 0 Å². The van der Waals surface area contributed by atoms with E-state index in [4.69, 9.17) is 34.8 Å². The Kier molecular flexibility index (Phi) is 6.07. The Morgan fingerprint density at radius 1 is 0.600 bits per heavy atom. The predicted octanol–water partition coefficient (Wildman–Crippen LogP) is 7.84. The first-order valence-corrected chi connectivity index (χ1v) is 10.9. The van der Waals surface area contributed by atoms with Gasteiger partial charge in [0.2, 0.25) is 11.6 Å².